The van der Waals surface area contributed by atoms with Crippen LogP contribution in [0.1, 0.15) is 0 Å². The van der Waals surface area contributed by atoms with Gasteiger partial charge in [0.05, 0.1) is 33.3 Å². The molecule has 11 aromatic rings. The maximum absolute atomic E-state index is 5.25. The van der Waals surface area contributed by atoms with Gasteiger partial charge in [-0.05, 0) is 101 Å². The van der Waals surface area contributed by atoms with E-state index in [2.05, 4.69) is 208 Å². The summed E-state index contributed by atoms with van der Waals surface area (Å²) >= 11 is 0. The van der Waals surface area contributed by atoms with Crippen LogP contribution in [0.4, 0.5) is 0 Å². The SMILES string of the molecule is c1ccc(-n2c(-c3cc(-n4c5ccccc5c5cc(-c6cccc(-n7ccc8ccccc87)c6)ccc54)c4ccccc4c3)nc3ccccc32)cc1. The summed E-state index contributed by atoms with van der Waals surface area (Å²) in [5.74, 6) is 0.919. The molecule has 0 atom stereocenters. The molecule has 0 amide bonds. The van der Waals surface area contributed by atoms with Crippen molar-refractivity contribution in [1.29, 1.82) is 0 Å². The molecule has 3 heterocycles. The first-order chi connectivity index (χ1) is 26.3. The summed E-state index contributed by atoms with van der Waals surface area (Å²) in [7, 11) is 0. The maximum atomic E-state index is 5.25. The normalized spacial score (nSPS) is 11.8. The lowest BCUT2D eigenvalue weighted by molar-refractivity contribution is 1.10. The molecular weight excluding hydrogens is 645 g/mol. The van der Waals surface area contributed by atoms with Gasteiger partial charge in [0.1, 0.15) is 5.82 Å². The summed E-state index contributed by atoms with van der Waals surface area (Å²) in [6.07, 6.45) is 2.16. The van der Waals surface area contributed by atoms with Crippen molar-refractivity contribution in [3.8, 4) is 39.6 Å². The molecule has 0 fully saturated rings. The van der Waals surface area contributed by atoms with Gasteiger partial charge in [-0.1, -0.05) is 109 Å². The third kappa shape index (κ3) is 4.66. The summed E-state index contributed by atoms with van der Waals surface area (Å²) in [4.78, 5) is 5.25. The van der Waals surface area contributed by atoms with Gasteiger partial charge in [0.15, 0.2) is 0 Å². The summed E-state index contributed by atoms with van der Waals surface area (Å²) in [6.45, 7) is 0. The Kier molecular flexibility index (Phi) is 6.52. The van der Waals surface area contributed by atoms with Crippen molar-refractivity contribution in [1.82, 2.24) is 18.7 Å². The number of fused-ring (bicyclic) bond motifs is 6. The molecule has 0 aliphatic heterocycles. The highest BCUT2D eigenvalue weighted by molar-refractivity contribution is 6.12. The van der Waals surface area contributed by atoms with Crippen molar-refractivity contribution in [2.45, 2.75) is 0 Å². The van der Waals surface area contributed by atoms with Crippen molar-refractivity contribution in [3.63, 3.8) is 0 Å². The van der Waals surface area contributed by atoms with Crippen LogP contribution in [-0.2, 0) is 0 Å². The van der Waals surface area contributed by atoms with E-state index in [-0.39, 0.29) is 0 Å². The van der Waals surface area contributed by atoms with Gasteiger partial charge >= 0.3 is 0 Å². The predicted octanol–water partition coefficient (Wildman–Crippen LogP) is 12.6. The van der Waals surface area contributed by atoms with Crippen molar-refractivity contribution in [2.75, 3.05) is 0 Å². The Morgan fingerprint density at radius 3 is 1.92 bits per heavy atom. The quantitative estimate of drug-likeness (QED) is 0.178. The minimum Gasteiger partial charge on any atom is -0.317 e. The van der Waals surface area contributed by atoms with Gasteiger partial charge in [0, 0.05) is 39.3 Å². The second kappa shape index (κ2) is 11.7. The molecular formula is C49H32N4. The second-order valence-corrected chi connectivity index (χ2v) is 13.7. The topological polar surface area (TPSA) is 27.7 Å². The molecule has 0 bridgehead atoms. The van der Waals surface area contributed by atoms with Crippen LogP contribution in [0.3, 0.4) is 0 Å². The van der Waals surface area contributed by atoms with E-state index >= 15 is 0 Å². The fraction of sp³-hybridized carbons (Fsp3) is 0. The minimum absolute atomic E-state index is 0.919. The second-order valence-electron chi connectivity index (χ2n) is 13.7. The van der Waals surface area contributed by atoms with E-state index in [1.54, 1.807) is 0 Å². The smallest absolute Gasteiger partial charge is 0.145 e. The highest BCUT2D eigenvalue weighted by Gasteiger charge is 2.20. The fourth-order valence-electron chi connectivity index (χ4n) is 8.22. The summed E-state index contributed by atoms with van der Waals surface area (Å²) in [5.41, 5.74) is 12.4. The number of nitrogens with zero attached hydrogens (tertiary/aromatic N) is 4. The Hall–Kier alpha value is -7.17. The largest absolute Gasteiger partial charge is 0.317 e. The molecule has 4 heteroatoms. The van der Waals surface area contributed by atoms with Gasteiger partial charge < -0.3 is 9.13 Å². The highest BCUT2D eigenvalue weighted by Crippen LogP contribution is 2.40. The van der Waals surface area contributed by atoms with Crippen LogP contribution in [0.15, 0.2) is 194 Å². The third-order valence-corrected chi connectivity index (χ3v) is 10.6. The zero-order valence-corrected chi connectivity index (χ0v) is 28.8. The van der Waals surface area contributed by atoms with E-state index in [0.29, 0.717) is 0 Å². The zero-order valence-electron chi connectivity index (χ0n) is 28.8. The molecule has 11 rings (SSSR count). The Labute approximate surface area is 306 Å². The number of benzene rings is 8. The van der Waals surface area contributed by atoms with Gasteiger partial charge in [-0.3, -0.25) is 4.57 Å². The average molecular weight is 677 g/mol. The number of hydrogen-bond acceptors (Lipinski definition) is 1. The predicted molar refractivity (Wildman–Crippen MR) is 221 cm³/mol. The van der Waals surface area contributed by atoms with Crippen molar-refractivity contribution >= 4 is 54.5 Å². The van der Waals surface area contributed by atoms with Gasteiger partial charge in [0.25, 0.3) is 0 Å². The molecule has 0 unspecified atom stereocenters. The molecule has 4 nitrogen and oxygen atoms in total. The highest BCUT2D eigenvalue weighted by atomic mass is 15.1. The monoisotopic (exact) mass is 676 g/mol. The number of para-hydroxylation sites is 5. The lowest BCUT2D eigenvalue weighted by Crippen LogP contribution is -2.00. The molecule has 248 valence electrons. The van der Waals surface area contributed by atoms with Crippen molar-refractivity contribution in [3.05, 3.63) is 194 Å². The van der Waals surface area contributed by atoms with Gasteiger partial charge in [0.2, 0.25) is 0 Å². The van der Waals surface area contributed by atoms with E-state index in [9.17, 15) is 0 Å². The van der Waals surface area contributed by atoms with E-state index < -0.39 is 0 Å². The lowest BCUT2D eigenvalue weighted by atomic mass is 10.0. The van der Waals surface area contributed by atoms with Crippen LogP contribution in [-0.4, -0.2) is 18.7 Å². The lowest BCUT2D eigenvalue weighted by Gasteiger charge is -2.15. The Balaban J connectivity index is 1.13. The molecule has 8 aromatic carbocycles. The van der Waals surface area contributed by atoms with E-state index in [1.165, 1.54) is 54.6 Å². The van der Waals surface area contributed by atoms with E-state index in [1.807, 2.05) is 0 Å². The van der Waals surface area contributed by atoms with Crippen molar-refractivity contribution < 1.29 is 0 Å². The molecule has 0 spiro atoms. The first-order valence-electron chi connectivity index (χ1n) is 18.1. The summed E-state index contributed by atoms with van der Waals surface area (Å²) < 4.78 is 7.00. The fourth-order valence-corrected chi connectivity index (χ4v) is 8.22. The molecule has 3 aromatic heterocycles. The van der Waals surface area contributed by atoms with Gasteiger partial charge in [-0.25, -0.2) is 4.98 Å². The minimum atomic E-state index is 0.919. The Morgan fingerprint density at radius 1 is 0.358 bits per heavy atom. The van der Waals surface area contributed by atoms with Crippen LogP contribution in [0.2, 0.25) is 0 Å². The first kappa shape index (κ1) is 29.5. The number of rotatable bonds is 5. The van der Waals surface area contributed by atoms with Crippen LogP contribution in [0.25, 0.3) is 94.1 Å². The van der Waals surface area contributed by atoms with E-state index in [4.69, 9.17) is 4.98 Å². The third-order valence-electron chi connectivity index (χ3n) is 10.6. The number of imidazole rings is 1. The van der Waals surface area contributed by atoms with E-state index in [0.717, 1.165) is 39.5 Å². The average Bonchev–Trinajstić information content (AvgIpc) is 3.93. The standard InChI is InChI=1S/C49H32N4/c1-2-16-38(17-3-1)52-47-24-11-8-21-43(47)50-49(52)37-29-36-14-4-6-19-40(36)48(32-37)53-45-23-10-7-20-41(45)42-31-35(25-26-46(42)53)34-15-12-18-39(30-34)51-28-27-33-13-5-9-22-44(33)51/h1-32H. The van der Waals surface area contributed by atoms with Gasteiger partial charge in [-0.15, -0.1) is 0 Å². The van der Waals surface area contributed by atoms with Gasteiger partial charge in [-0.2, -0.15) is 0 Å². The molecule has 0 aliphatic carbocycles. The van der Waals surface area contributed by atoms with Crippen LogP contribution in [0.5, 0.6) is 0 Å². The molecule has 0 aliphatic rings. The molecule has 0 radical (unpaired) electrons. The molecule has 53 heavy (non-hydrogen) atoms. The van der Waals surface area contributed by atoms with Crippen molar-refractivity contribution in [2.24, 2.45) is 0 Å². The molecule has 0 saturated heterocycles. The molecule has 0 N–H and O–H groups in total. The maximum Gasteiger partial charge on any atom is 0.145 e. The molecule has 0 saturated carbocycles. The zero-order chi connectivity index (χ0) is 34.9. The van der Waals surface area contributed by atoms with Crippen LogP contribution < -0.4 is 0 Å². The Morgan fingerprint density at radius 2 is 1.04 bits per heavy atom. The van der Waals surface area contributed by atoms with Crippen LogP contribution in [0, 0.1) is 0 Å². The number of hydrogen-bond donors (Lipinski definition) is 0. The first-order valence-corrected chi connectivity index (χ1v) is 18.1. The number of aromatic nitrogens is 4. The Bertz CT molecular complexity index is 3180. The summed E-state index contributed by atoms with van der Waals surface area (Å²) in [5, 5.41) is 6.05. The summed E-state index contributed by atoms with van der Waals surface area (Å²) in [6, 6.07) is 67.5. The van der Waals surface area contributed by atoms with Crippen LogP contribution >= 0.6 is 0 Å².